The fourth-order valence-corrected chi connectivity index (χ4v) is 3.06. The van der Waals surface area contributed by atoms with E-state index in [-0.39, 0.29) is 0 Å². The summed E-state index contributed by atoms with van der Waals surface area (Å²) in [5, 5.41) is 4.58. The van der Waals surface area contributed by atoms with Gasteiger partial charge in [0.2, 0.25) is 0 Å². The quantitative estimate of drug-likeness (QED) is 0.870. The molecule has 0 amide bonds. The average molecular weight is 235 g/mol. The minimum Gasteiger partial charge on any atom is -0.384 e. The Morgan fingerprint density at radius 1 is 1.35 bits per heavy atom. The second-order valence-corrected chi connectivity index (χ2v) is 5.71. The molecule has 1 heterocycles. The molecule has 0 aromatic carbocycles. The Labute approximate surface area is 104 Å². The van der Waals surface area contributed by atoms with Crippen LogP contribution in [0.25, 0.3) is 0 Å². The lowest BCUT2D eigenvalue weighted by Crippen LogP contribution is -2.01. The molecule has 0 spiro atoms. The minimum absolute atomic E-state index is 0.474. The molecular weight excluding hydrogens is 210 g/mol. The number of hydrogen-bond acceptors (Lipinski definition) is 2. The Kier molecular flexibility index (Phi) is 3.75. The number of nitrogens with two attached hydrogens (primary N) is 1. The molecule has 0 aliphatic heterocycles. The number of nitrogens with zero attached hydrogens (tertiary/aromatic N) is 2. The molecule has 3 nitrogen and oxygen atoms in total. The Bertz CT molecular complexity index is 373. The van der Waals surface area contributed by atoms with E-state index in [1.54, 1.807) is 0 Å². The van der Waals surface area contributed by atoms with Crippen LogP contribution >= 0.6 is 0 Å². The van der Waals surface area contributed by atoms with Gasteiger partial charge in [0, 0.05) is 12.6 Å². The minimum atomic E-state index is 0.474. The van der Waals surface area contributed by atoms with E-state index in [2.05, 4.69) is 18.9 Å². The van der Waals surface area contributed by atoms with Crippen LogP contribution in [0.1, 0.15) is 63.1 Å². The number of nitrogen functional groups attached to an aromatic ring is 1. The monoisotopic (exact) mass is 235 g/mol. The molecule has 1 aliphatic rings. The van der Waals surface area contributed by atoms with Gasteiger partial charge in [0.1, 0.15) is 5.82 Å². The highest BCUT2D eigenvalue weighted by Gasteiger charge is 2.19. The second kappa shape index (κ2) is 5.11. The standard InChI is InChI=1S/C14H25N3/c1-10(2)13-12(16-17(3)14(13)15)9-8-11-6-4-5-7-11/h10-11H,4-9,15H2,1-3H3. The average Bonchev–Trinajstić information content (AvgIpc) is 2.85. The van der Waals surface area contributed by atoms with Gasteiger partial charge in [-0.25, -0.2) is 0 Å². The highest BCUT2D eigenvalue weighted by Crippen LogP contribution is 2.31. The largest absolute Gasteiger partial charge is 0.384 e. The molecule has 3 heteroatoms. The van der Waals surface area contributed by atoms with Crippen LogP contribution in [0.15, 0.2) is 0 Å². The highest BCUT2D eigenvalue weighted by molar-refractivity contribution is 5.45. The smallest absolute Gasteiger partial charge is 0.125 e. The summed E-state index contributed by atoms with van der Waals surface area (Å²) in [7, 11) is 1.94. The molecule has 0 atom stereocenters. The van der Waals surface area contributed by atoms with Crippen molar-refractivity contribution in [3.63, 3.8) is 0 Å². The third kappa shape index (κ3) is 2.64. The van der Waals surface area contributed by atoms with E-state index in [9.17, 15) is 0 Å². The van der Waals surface area contributed by atoms with Gasteiger partial charge in [-0.2, -0.15) is 5.10 Å². The van der Waals surface area contributed by atoms with Gasteiger partial charge in [-0.3, -0.25) is 4.68 Å². The maximum atomic E-state index is 6.09. The molecule has 1 aliphatic carbocycles. The molecule has 0 bridgehead atoms. The van der Waals surface area contributed by atoms with Crippen molar-refractivity contribution < 1.29 is 0 Å². The van der Waals surface area contributed by atoms with Gasteiger partial charge in [-0.1, -0.05) is 39.5 Å². The SMILES string of the molecule is CC(C)c1c(CCC2CCCC2)nn(C)c1N. The molecule has 1 aromatic heterocycles. The molecular formula is C14H25N3. The van der Waals surface area contributed by atoms with Crippen molar-refractivity contribution in [2.24, 2.45) is 13.0 Å². The van der Waals surface area contributed by atoms with E-state index in [1.165, 1.54) is 43.4 Å². The van der Waals surface area contributed by atoms with Gasteiger partial charge >= 0.3 is 0 Å². The van der Waals surface area contributed by atoms with Crippen LogP contribution in [-0.2, 0) is 13.5 Å². The Balaban J connectivity index is 2.06. The molecule has 0 saturated heterocycles. The summed E-state index contributed by atoms with van der Waals surface area (Å²) in [6.07, 6.45) is 8.07. The molecule has 96 valence electrons. The van der Waals surface area contributed by atoms with Gasteiger partial charge < -0.3 is 5.73 Å². The van der Waals surface area contributed by atoms with Crippen LogP contribution < -0.4 is 5.73 Å². The molecule has 1 saturated carbocycles. The van der Waals surface area contributed by atoms with Crippen molar-refractivity contribution in [3.8, 4) is 0 Å². The number of rotatable bonds is 4. The third-order valence-electron chi connectivity index (χ3n) is 4.05. The van der Waals surface area contributed by atoms with Gasteiger partial charge in [0.25, 0.3) is 0 Å². The Morgan fingerprint density at radius 3 is 2.59 bits per heavy atom. The molecule has 0 radical (unpaired) electrons. The maximum Gasteiger partial charge on any atom is 0.125 e. The first-order valence-corrected chi connectivity index (χ1v) is 6.90. The lowest BCUT2D eigenvalue weighted by atomic mass is 9.96. The summed E-state index contributed by atoms with van der Waals surface area (Å²) < 4.78 is 1.83. The number of hydrogen-bond donors (Lipinski definition) is 1. The van der Waals surface area contributed by atoms with Gasteiger partial charge in [0.15, 0.2) is 0 Å². The van der Waals surface area contributed by atoms with Gasteiger partial charge in [-0.05, 0) is 24.7 Å². The predicted molar refractivity (Wildman–Crippen MR) is 72.0 cm³/mol. The second-order valence-electron chi connectivity index (χ2n) is 5.71. The first-order valence-electron chi connectivity index (χ1n) is 6.90. The summed E-state index contributed by atoms with van der Waals surface area (Å²) in [5.74, 6) is 2.25. The van der Waals surface area contributed by atoms with Crippen molar-refractivity contribution in [2.45, 2.75) is 58.3 Å². The first-order chi connectivity index (χ1) is 8.09. The summed E-state index contributed by atoms with van der Waals surface area (Å²) in [6, 6.07) is 0. The summed E-state index contributed by atoms with van der Waals surface area (Å²) in [5.41, 5.74) is 8.59. The molecule has 1 aromatic rings. The van der Waals surface area contributed by atoms with E-state index >= 15 is 0 Å². The lowest BCUT2D eigenvalue weighted by molar-refractivity contribution is 0.497. The van der Waals surface area contributed by atoms with E-state index in [4.69, 9.17) is 5.73 Å². The van der Waals surface area contributed by atoms with Gasteiger partial charge in [-0.15, -0.1) is 0 Å². The first kappa shape index (κ1) is 12.5. The van der Waals surface area contributed by atoms with Crippen molar-refractivity contribution in [3.05, 3.63) is 11.3 Å². The molecule has 0 unspecified atom stereocenters. The molecule has 2 N–H and O–H groups in total. The fraction of sp³-hybridized carbons (Fsp3) is 0.786. The van der Waals surface area contributed by atoms with Crippen molar-refractivity contribution in [1.29, 1.82) is 0 Å². The zero-order chi connectivity index (χ0) is 12.4. The van der Waals surface area contributed by atoms with Crippen LogP contribution in [0, 0.1) is 5.92 Å². The van der Waals surface area contributed by atoms with Crippen LogP contribution in [0.4, 0.5) is 5.82 Å². The van der Waals surface area contributed by atoms with Gasteiger partial charge in [0.05, 0.1) is 5.69 Å². The summed E-state index contributed by atoms with van der Waals surface area (Å²) >= 11 is 0. The third-order valence-corrected chi connectivity index (χ3v) is 4.05. The summed E-state index contributed by atoms with van der Waals surface area (Å²) in [6.45, 7) is 4.40. The number of anilines is 1. The molecule has 17 heavy (non-hydrogen) atoms. The van der Waals surface area contributed by atoms with Crippen LogP contribution in [0.5, 0.6) is 0 Å². The number of aromatic nitrogens is 2. The van der Waals surface area contributed by atoms with Crippen molar-refractivity contribution >= 4 is 5.82 Å². The highest BCUT2D eigenvalue weighted by atomic mass is 15.3. The number of aryl methyl sites for hydroxylation is 2. The fourth-order valence-electron chi connectivity index (χ4n) is 3.06. The van der Waals surface area contributed by atoms with Crippen LogP contribution in [0.3, 0.4) is 0 Å². The predicted octanol–water partition coefficient (Wildman–Crippen LogP) is 3.25. The Hall–Kier alpha value is -0.990. The van der Waals surface area contributed by atoms with E-state index < -0.39 is 0 Å². The normalized spacial score (nSPS) is 17.2. The topological polar surface area (TPSA) is 43.8 Å². The summed E-state index contributed by atoms with van der Waals surface area (Å²) in [4.78, 5) is 0. The van der Waals surface area contributed by atoms with E-state index in [0.717, 1.165) is 18.2 Å². The molecule has 2 rings (SSSR count). The zero-order valence-corrected chi connectivity index (χ0v) is 11.4. The van der Waals surface area contributed by atoms with E-state index in [1.807, 2.05) is 11.7 Å². The van der Waals surface area contributed by atoms with Crippen LogP contribution in [-0.4, -0.2) is 9.78 Å². The van der Waals surface area contributed by atoms with Crippen LogP contribution in [0.2, 0.25) is 0 Å². The van der Waals surface area contributed by atoms with Crippen molar-refractivity contribution in [1.82, 2.24) is 9.78 Å². The lowest BCUT2D eigenvalue weighted by Gasteiger charge is -2.10. The van der Waals surface area contributed by atoms with E-state index in [0.29, 0.717) is 5.92 Å². The molecule has 1 fully saturated rings. The maximum absolute atomic E-state index is 6.09. The van der Waals surface area contributed by atoms with Crippen molar-refractivity contribution in [2.75, 3.05) is 5.73 Å². The Morgan fingerprint density at radius 2 is 2.00 bits per heavy atom. The zero-order valence-electron chi connectivity index (χ0n) is 11.4.